The van der Waals surface area contributed by atoms with Crippen molar-refractivity contribution in [1.29, 1.82) is 0 Å². The molecule has 0 spiro atoms. The summed E-state index contributed by atoms with van der Waals surface area (Å²) in [6, 6.07) is 9.40. The molecule has 0 bridgehead atoms. The van der Waals surface area contributed by atoms with Crippen LogP contribution in [-0.2, 0) is 6.42 Å². The van der Waals surface area contributed by atoms with Crippen LogP contribution in [0.15, 0.2) is 30.3 Å². The second kappa shape index (κ2) is 5.30. The molecule has 4 nitrogen and oxygen atoms in total. The summed E-state index contributed by atoms with van der Waals surface area (Å²) < 4.78 is 11.3. The second-order valence-corrected chi connectivity index (χ2v) is 6.46. The summed E-state index contributed by atoms with van der Waals surface area (Å²) in [6.45, 7) is 5.53. The van der Waals surface area contributed by atoms with Crippen LogP contribution in [0, 0.1) is 0 Å². The van der Waals surface area contributed by atoms with Crippen LogP contribution in [0.5, 0.6) is 17.2 Å². The third-order valence-corrected chi connectivity index (χ3v) is 4.08. The maximum atomic E-state index is 11.8. The van der Waals surface area contributed by atoms with Crippen LogP contribution >= 0.6 is 0 Å². The molecule has 1 heterocycles. The Hall–Kier alpha value is -2.49. The van der Waals surface area contributed by atoms with Gasteiger partial charge in [-0.25, -0.2) is 0 Å². The zero-order valence-electron chi connectivity index (χ0n) is 13.8. The van der Waals surface area contributed by atoms with Gasteiger partial charge in [0.1, 0.15) is 11.4 Å². The van der Waals surface area contributed by atoms with Crippen molar-refractivity contribution in [3.05, 3.63) is 41.5 Å². The number of phenolic OH excluding ortho intramolecular Hbond substituents is 1. The summed E-state index contributed by atoms with van der Waals surface area (Å²) in [6.07, 6.45) is 0.838. The molecule has 23 heavy (non-hydrogen) atoms. The van der Waals surface area contributed by atoms with Crippen LogP contribution in [-0.4, -0.2) is 23.6 Å². The Kier molecular flexibility index (Phi) is 3.55. The summed E-state index contributed by atoms with van der Waals surface area (Å²) >= 11 is 0. The number of para-hydroxylation sites is 1. The molecule has 2 aromatic rings. The van der Waals surface area contributed by atoms with Crippen molar-refractivity contribution in [3.8, 4) is 28.4 Å². The number of methoxy groups -OCH3 is 1. The number of rotatable bonds is 3. The molecule has 4 heteroatoms. The van der Waals surface area contributed by atoms with Gasteiger partial charge in [-0.1, -0.05) is 18.2 Å². The molecule has 2 aromatic carbocycles. The van der Waals surface area contributed by atoms with Gasteiger partial charge in [-0.2, -0.15) is 0 Å². The lowest BCUT2D eigenvalue weighted by molar-refractivity contribution is 0.101. The van der Waals surface area contributed by atoms with Crippen LogP contribution in [0.4, 0.5) is 0 Å². The molecular formula is C19H20O4. The molecule has 120 valence electrons. The third kappa shape index (κ3) is 2.65. The first-order chi connectivity index (χ1) is 10.8. The van der Waals surface area contributed by atoms with Crippen molar-refractivity contribution >= 4 is 5.78 Å². The highest BCUT2D eigenvalue weighted by atomic mass is 16.5. The van der Waals surface area contributed by atoms with Crippen LogP contribution in [0.1, 0.15) is 36.7 Å². The van der Waals surface area contributed by atoms with Gasteiger partial charge in [-0.3, -0.25) is 4.79 Å². The van der Waals surface area contributed by atoms with Gasteiger partial charge in [-0.15, -0.1) is 0 Å². The van der Waals surface area contributed by atoms with E-state index in [2.05, 4.69) is 19.9 Å². The van der Waals surface area contributed by atoms with Crippen LogP contribution in [0.2, 0.25) is 0 Å². The van der Waals surface area contributed by atoms with E-state index in [4.69, 9.17) is 9.47 Å². The standard InChI is InChI=1S/C19H20O4/c1-11(20)15-8-13(9-16(22-4)17(15)21)14-7-5-6-12-10-19(2,3)23-18(12)14/h5-9,21H,10H2,1-4H3. The quantitative estimate of drug-likeness (QED) is 0.871. The Morgan fingerprint density at radius 3 is 2.70 bits per heavy atom. The van der Waals surface area contributed by atoms with Gasteiger partial charge in [0.25, 0.3) is 0 Å². The number of ketones is 1. The summed E-state index contributed by atoms with van der Waals surface area (Å²) in [5.74, 6) is 0.774. The Morgan fingerprint density at radius 2 is 2.04 bits per heavy atom. The molecule has 1 aliphatic heterocycles. The van der Waals surface area contributed by atoms with E-state index in [1.54, 1.807) is 12.1 Å². The molecule has 1 N–H and O–H groups in total. The topological polar surface area (TPSA) is 55.8 Å². The van der Waals surface area contributed by atoms with E-state index in [-0.39, 0.29) is 28.4 Å². The lowest BCUT2D eigenvalue weighted by atomic mass is 9.96. The van der Waals surface area contributed by atoms with Gasteiger partial charge in [0.2, 0.25) is 0 Å². The molecule has 3 rings (SSSR count). The largest absolute Gasteiger partial charge is 0.504 e. The predicted molar refractivity (Wildman–Crippen MR) is 88.5 cm³/mol. The van der Waals surface area contributed by atoms with E-state index >= 15 is 0 Å². The summed E-state index contributed by atoms with van der Waals surface area (Å²) in [7, 11) is 1.47. The molecule has 1 aliphatic rings. The number of hydrogen-bond donors (Lipinski definition) is 1. The average molecular weight is 312 g/mol. The lowest BCUT2D eigenvalue weighted by Gasteiger charge is -2.19. The fourth-order valence-electron chi connectivity index (χ4n) is 3.03. The van der Waals surface area contributed by atoms with Crippen molar-refractivity contribution in [2.75, 3.05) is 7.11 Å². The monoisotopic (exact) mass is 312 g/mol. The van der Waals surface area contributed by atoms with Crippen molar-refractivity contribution in [1.82, 2.24) is 0 Å². The summed E-state index contributed by atoms with van der Waals surface area (Å²) in [4.78, 5) is 11.8. The average Bonchev–Trinajstić information content (AvgIpc) is 2.80. The summed E-state index contributed by atoms with van der Waals surface area (Å²) in [5, 5.41) is 10.1. The molecule has 0 unspecified atom stereocenters. The minimum Gasteiger partial charge on any atom is -0.504 e. The number of fused-ring (bicyclic) bond motifs is 1. The van der Waals surface area contributed by atoms with Crippen molar-refractivity contribution in [2.24, 2.45) is 0 Å². The Labute approximate surface area is 135 Å². The van der Waals surface area contributed by atoms with Crippen molar-refractivity contribution in [3.63, 3.8) is 0 Å². The van der Waals surface area contributed by atoms with E-state index < -0.39 is 0 Å². The molecule has 0 radical (unpaired) electrons. The third-order valence-electron chi connectivity index (χ3n) is 4.08. The van der Waals surface area contributed by atoms with Crippen molar-refractivity contribution < 1.29 is 19.4 Å². The van der Waals surface area contributed by atoms with Crippen LogP contribution in [0.25, 0.3) is 11.1 Å². The zero-order valence-corrected chi connectivity index (χ0v) is 13.8. The van der Waals surface area contributed by atoms with Gasteiger partial charge in [0.15, 0.2) is 17.3 Å². The smallest absolute Gasteiger partial charge is 0.168 e. The SMILES string of the molecule is COc1cc(-c2cccc3c2OC(C)(C)C3)cc(C(C)=O)c1O. The summed E-state index contributed by atoms with van der Waals surface area (Å²) in [5.41, 5.74) is 2.83. The number of Topliss-reactive ketones (excluding diaryl/α,β-unsaturated/α-hetero) is 1. The van der Waals surface area contributed by atoms with Gasteiger partial charge in [0.05, 0.1) is 12.7 Å². The highest BCUT2D eigenvalue weighted by Crippen LogP contribution is 2.44. The first-order valence-electron chi connectivity index (χ1n) is 7.55. The molecular weight excluding hydrogens is 292 g/mol. The first kappa shape index (κ1) is 15.4. The van der Waals surface area contributed by atoms with Gasteiger partial charge in [0, 0.05) is 12.0 Å². The number of hydrogen-bond acceptors (Lipinski definition) is 4. The maximum Gasteiger partial charge on any atom is 0.168 e. The maximum absolute atomic E-state index is 11.8. The minimum atomic E-state index is -0.247. The molecule has 0 fully saturated rings. The van der Waals surface area contributed by atoms with Crippen LogP contribution < -0.4 is 9.47 Å². The molecule has 0 amide bonds. The Bertz CT molecular complexity index is 790. The molecule has 0 aliphatic carbocycles. The minimum absolute atomic E-state index is 0.127. The molecule has 0 aromatic heterocycles. The van der Waals surface area contributed by atoms with Crippen molar-refractivity contribution in [2.45, 2.75) is 32.8 Å². The fourth-order valence-corrected chi connectivity index (χ4v) is 3.03. The van der Waals surface area contributed by atoms with E-state index in [0.717, 1.165) is 28.9 Å². The number of carbonyl (C=O) groups excluding carboxylic acids is 1. The first-order valence-corrected chi connectivity index (χ1v) is 7.55. The predicted octanol–water partition coefficient (Wildman–Crippen LogP) is 3.98. The molecule has 0 saturated heterocycles. The van der Waals surface area contributed by atoms with E-state index in [0.29, 0.717) is 0 Å². The normalized spacial score (nSPS) is 15.0. The number of aromatic hydroxyl groups is 1. The molecule has 0 saturated carbocycles. The Balaban J connectivity index is 2.20. The number of carbonyl (C=O) groups is 1. The van der Waals surface area contributed by atoms with Gasteiger partial charge in [-0.05, 0) is 44.0 Å². The number of benzene rings is 2. The molecule has 0 atom stereocenters. The Morgan fingerprint density at radius 1 is 1.30 bits per heavy atom. The number of phenols is 1. The van der Waals surface area contributed by atoms with E-state index in [1.165, 1.54) is 14.0 Å². The van der Waals surface area contributed by atoms with E-state index in [9.17, 15) is 9.90 Å². The zero-order chi connectivity index (χ0) is 16.8. The van der Waals surface area contributed by atoms with E-state index in [1.807, 2.05) is 12.1 Å². The number of ether oxygens (including phenoxy) is 2. The fraction of sp³-hybridized carbons (Fsp3) is 0.316. The lowest BCUT2D eigenvalue weighted by Crippen LogP contribution is -2.24. The highest BCUT2D eigenvalue weighted by Gasteiger charge is 2.32. The second-order valence-electron chi connectivity index (χ2n) is 6.46. The van der Waals surface area contributed by atoms with Crippen LogP contribution in [0.3, 0.4) is 0 Å². The van der Waals surface area contributed by atoms with Gasteiger partial charge < -0.3 is 14.6 Å². The highest BCUT2D eigenvalue weighted by molar-refractivity contribution is 5.99. The van der Waals surface area contributed by atoms with Gasteiger partial charge >= 0.3 is 0 Å².